The normalized spacial score (nSPS) is 12.1. The summed E-state index contributed by atoms with van der Waals surface area (Å²) in [7, 11) is -6.83. The Morgan fingerprint density at radius 1 is 0.484 bits per heavy atom. The molecule has 4 rings (SSSR count). The summed E-state index contributed by atoms with van der Waals surface area (Å²) in [6, 6.07) is 37.7. The second kappa shape index (κ2) is 9.20. The van der Waals surface area contributed by atoms with Gasteiger partial charge in [0.25, 0.3) is 0 Å². The fourth-order valence-corrected chi connectivity index (χ4v) is 11.3. The Morgan fingerprint density at radius 2 is 0.710 bits per heavy atom. The minimum atomic E-state index is -3.42. The van der Waals surface area contributed by atoms with E-state index in [0.29, 0.717) is 27.8 Å². The van der Waals surface area contributed by atoms with Crippen LogP contribution in [0.2, 0.25) is 0 Å². The first-order valence-corrected chi connectivity index (χ1v) is 13.6. The number of hydrogen-bond acceptors (Lipinski definition) is 2. The number of nitrogens with zero attached hydrogens (tertiary/aromatic N) is 1. The lowest BCUT2D eigenvalue weighted by Crippen LogP contribution is -2.36. The highest BCUT2D eigenvalue weighted by Crippen LogP contribution is 2.63. The van der Waals surface area contributed by atoms with Gasteiger partial charge in [0.2, 0.25) is 14.6 Å². The van der Waals surface area contributed by atoms with Gasteiger partial charge in [-0.1, -0.05) is 79.7 Å². The van der Waals surface area contributed by atoms with E-state index in [1.807, 2.05) is 128 Å². The van der Waals surface area contributed by atoms with Crippen LogP contribution in [0.3, 0.4) is 0 Å². The number of rotatable bonds is 7. The van der Waals surface area contributed by atoms with Gasteiger partial charge in [-0.15, -0.1) is 0 Å². The second-order valence-electron chi connectivity index (χ2n) is 7.18. The van der Waals surface area contributed by atoms with Crippen LogP contribution in [0.25, 0.3) is 0 Å². The fourth-order valence-electron chi connectivity index (χ4n) is 3.93. The van der Waals surface area contributed by atoms with E-state index >= 15 is 9.13 Å². The summed E-state index contributed by atoms with van der Waals surface area (Å²) in [5.41, 5.74) is 0. The number of hydrogen-bond donors (Lipinski definition) is 0. The smallest absolute Gasteiger partial charge is 0.213 e. The lowest BCUT2D eigenvalue weighted by atomic mass is 10.4. The molecule has 0 aromatic heterocycles. The summed E-state index contributed by atoms with van der Waals surface area (Å²) in [4.78, 5) is 0. The van der Waals surface area contributed by atoms with Crippen molar-refractivity contribution in [1.29, 1.82) is 0 Å². The molecule has 0 N–H and O–H groups in total. The lowest BCUT2D eigenvalue weighted by Gasteiger charge is -2.38. The lowest BCUT2D eigenvalue weighted by molar-refractivity contribution is 0.523. The Bertz CT molecular complexity index is 1030. The van der Waals surface area contributed by atoms with E-state index in [0.717, 1.165) is 0 Å². The highest BCUT2D eigenvalue weighted by Gasteiger charge is 2.46. The predicted octanol–water partition coefficient (Wildman–Crippen LogP) is 5.17. The average Bonchev–Trinajstić information content (AvgIpc) is 2.86. The van der Waals surface area contributed by atoms with Gasteiger partial charge in [0, 0.05) is 27.8 Å². The molecule has 0 radical (unpaired) electrons. The standard InChI is InChI=1S/C26H25NO2P2/c1-2-27(30(28,23-15-7-3-8-16-23)24-17-9-4-10-18-24)31(29,25-19-11-5-12-20-25)26-21-13-6-14-22-26/h3-22H,2H2,1H3. The summed E-state index contributed by atoms with van der Waals surface area (Å²) in [5.74, 6) is 0. The molecule has 0 aliphatic carbocycles. The average molecular weight is 445 g/mol. The van der Waals surface area contributed by atoms with E-state index in [2.05, 4.69) is 0 Å². The molecule has 0 heterocycles. The van der Waals surface area contributed by atoms with Crippen LogP contribution in [-0.2, 0) is 9.13 Å². The summed E-state index contributed by atoms with van der Waals surface area (Å²) in [6.45, 7) is 2.29. The minimum absolute atomic E-state index is 0.363. The molecule has 0 unspecified atom stereocenters. The predicted molar refractivity (Wildman–Crippen MR) is 132 cm³/mol. The van der Waals surface area contributed by atoms with Crippen LogP contribution in [0.1, 0.15) is 6.92 Å². The quantitative estimate of drug-likeness (QED) is 0.369. The van der Waals surface area contributed by atoms with Gasteiger partial charge in [0.05, 0.1) is 0 Å². The molecule has 31 heavy (non-hydrogen) atoms. The van der Waals surface area contributed by atoms with Gasteiger partial charge in [-0.2, -0.15) is 4.44 Å². The van der Waals surface area contributed by atoms with Crippen molar-refractivity contribution in [3.63, 3.8) is 0 Å². The summed E-state index contributed by atoms with van der Waals surface area (Å²) >= 11 is 0. The van der Waals surface area contributed by atoms with Crippen LogP contribution in [-0.4, -0.2) is 11.0 Å². The zero-order valence-electron chi connectivity index (χ0n) is 17.4. The Morgan fingerprint density at radius 3 is 0.903 bits per heavy atom. The van der Waals surface area contributed by atoms with E-state index in [9.17, 15) is 0 Å². The van der Waals surface area contributed by atoms with E-state index in [1.54, 1.807) is 4.44 Å². The van der Waals surface area contributed by atoms with Gasteiger partial charge >= 0.3 is 0 Å². The largest absolute Gasteiger partial charge is 0.296 e. The first kappa shape index (κ1) is 21.5. The SMILES string of the molecule is CCN(P(=O)(c1ccccc1)c1ccccc1)P(=O)(c1ccccc1)c1ccccc1. The molecule has 4 aromatic rings. The van der Waals surface area contributed by atoms with Gasteiger partial charge in [-0.25, -0.2) is 0 Å². The van der Waals surface area contributed by atoms with Crippen molar-refractivity contribution in [3.05, 3.63) is 121 Å². The van der Waals surface area contributed by atoms with E-state index in [-0.39, 0.29) is 0 Å². The minimum Gasteiger partial charge on any atom is -0.296 e. The van der Waals surface area contributed by atoms with E-state index in [1.165, 1.54) is 0 Å². The summed E-state index contributed by atoms with van der Waals surface area (Å²) in [5, 5.41) is 2.70. The zero-order valence-corrected chi connectivity index (χ0v) is 19.2. The van der Waals surface area contributed by atoms with Crippen molar-refractivity contribution in [3.8, 4) is 0 Å². The van der Waals surface area contributed by atoms with Crippen molar-refractivity contribution in [2.24, 2.45) is 0 Å². The Labute approximate surface area is 184 Å². The van der Waals surface area contributed by atoms with Crippen molar-refractivity contribution in [2.45, 2.75) is 6.92 Å². The first-order valence-electron chi connectivity index (χ1n) is 10.3. The molecule has 4 aromatic carbocycles. The van der Waals surface area contributed by atoms with Crippen molar-refractivity contribution < 1.29 is 9.13 Å². The molecule has 0 aliphatic heterocycles. The van der Waals surface area contributed by atoms with E-state index < -0.39 is 14.6 Å². The maximum atomic E-state index is 15.1. The molecular weight excluding hydrogens is 420 g/mol. The van der Waals surface area contributed by atoms with E-state index in [4.69, 9.17) is 0 Å². The molecular formula is C26H25NO2P2. The van der Waals surface area contributed by atoms with Crippen LogP contribution in [0.4, 0.5) is 0 Å². The molecule has 0 atom stereocenters. The Kier molecular flexibility index (Phi) is 6.39. The fraction of sp³-hybridized carbons (Fsp3) is 0.0769. The van der Waals surface area contributed by atoms with Crippen LogP contribution in [0, 0.1) is 0 Å². The third-order valence-corrected chi connectivity index (χ3v) is 12.7. The van der Waals surface area contributed by atoms with Gasteiger partial charge in [0.15, 0.2) is 0 Å². The highest BCUT2D eigenvalue weighted by atomic mass is 31.2. The van der Waals surface area contributed by atoms with Gasteiger partial charge < -0.3 is 0 Å². The third kappa shape index (κ3) is 3.86. The van der Waals surface area contributed by atoms with Crippen LogP contribution >= 0.6 is 14.6 Å². The summed E-state index contributed by atoms with van der Waals surface area (Å²) in [6.07, 6.45) is 0. The van der Waals surface area contributed by atoms with Gasteiger partial charge in [-0.3, -0.25) is 9.13 Å². The molecule has 0 fully saturated rings. The molecule has 0 aliphatic rings. The molecule has 5 heteroatoms. The molecule has 0 saturated carbocycles. The summed E-state index contributed by atoms with van der Waals surface area (Å²) < 4.78 is 31.9. The van der Waals surface area contributed by atoms with Crippen molar-refractivity contribution in [1.82, 2.24) is 4.44 Å². The van der Waals surface area contributed by atoms with Gasteiger partial charge in [0.1, 0.15) is 0 Å². The maximum absolute atomic E-state index is 15.1. The van der Waals surface area contributed by atoms with Gasteiger partial charge in [-0.05, 0) is 48.5 Å². The molecule has 0 bridgehead atoms. The van der Waals surface area contributed by atoms with Crippen LogP contribution < -0.4 is 21.2 Å². The molecule has 0 saturated heterocycles. The van der Waals surface area contributed by atoms with Crippen molar-refractivity contribution in [2.75, 3.05) is 6.54 Å². The van der Waals surface area contributed by atoms with Crippen molar-refractivity contribution >= 4 is 35.8 Å². The Balaban J connectivity index is 2.05. The molecule has 0 spiro atoms. The molecule has 0 amide bonds. The number of benzene rings is 4. The second-order valence-corrected chi connectivity index (χ2v) is 12.8. The van der Waals surface area contributed by atoms with Crippen LogP contribution in [0.15, 0.2) is 121 Å². The molecule has 156 valence electrons. The Hall–Kier alpha value is -2.70. The topological polar surface area (TPSA) is 37.4 Å². The maximum Gasteiger partial charge on any atom is 0.213 e. The highest BCUT2D eigenvalue weighted by molar-refractivity contribution is 7.90. The third-order valence-electron chi connectivity index (χ3n) is 5.36. The zero-order chi connectivity index (χ0) is 21.7. The van der Waals surface area contributed by atoms with Crippen LogP contribution in [0.5, 0.6) is 0 Å². The first-order chi connectivity index (χ1) is 15.1. The monoisotopic (exact) mass is 445 g/mol. The molecule has 3 nitrogen and oxygen atoms in total.